The van der Waals surface area contributed by atoms with Crippen LogP contribution in [0.15, 0.2) is 48.9 Å². The standard InChI is InChI=1S/C20H26N4O/c1-5-18(20-21-11-6-12-23(20)3)19-15(2)13-22-24(19)14-16-7-9-17(25-4)10-8-16/h5,7-10,13,21H,1,6,11-12,14H2,2-4H3/b20-18+. The molecule has 3 rings (SSSR count). The van der Waals surface area contributed by atoms with Crippen molar-refractivity contribution in [2.24, 2.45) is 0 Å². The van der Waals surface area contributed by atoms with Crippen molar-refractivity contribution < 1.29 is 4.74 Å². The Morgan fingerprint density at radius 3 is 2.76 bits per heavy atom. The molecule has 0 unspecified atom stereocenters. The molecular formula is C20H26N4O. The zero-order valence-electron chi connectivity index (χ0n) is 15.2. The summed E-state index contributed by atoms with van der Waals surface area (Å²) >= 11 is 0. The molecule has 1 aromatic carbocycles. The molecule has 5 heteroatoms. The highest BCUT2D eigenvalue weighted by molar-refractivity contribution is 5.75. The summed E-state index contributed by atoms with van der Waals surface area (Å²) in [6.07, 6.45) is 5.00. The van der Waals surface area contributed by atoms with Crippen LogP contribution in [0.5, 0.6) is 5.75 Å². The van der Waals surface area contributed by atoms with Gasteiger partial charge in [0.15, 0.2) is 0 Å². The third-order valence-corrected chi connectivity index (χ3v) is 4.57. The summed E-state index contributed by atoms with van der Waals surface area (Å²) in [6, 6.07) is 8.11. The predicted octanol–water partition coefficient (Wildman–Crippen LogP) is 3.03. The van der Waals surface area contributed by atoms with Crippen molar-refractivity contribution in [3.63, 3.8) is 0 Å². The van der Waals surface area contributed by atoms with Crippen molar-refractivity contribution in [1.82, 2.24) is 20.0 Å². The van der Waals surface area contributed by atoms with Crippen molar-refractivity contribution in [3.05, 3.63) is 65.8 Å². The number of nitrogens with zero attached hydrogens (tertiary/aromatic N) is 3. The minimum absolute atomic E-state index is 0.710. The van der Waals surface area contributed by atoms with Crippen LogP contribution in [-0.2, 0) is 6.54 Å². The largest absolute Gasteiger partial charge is 0.497 e. The summed E-state index contributed by atoms with van der Waals surface area (Å²) in [5.74, 6) is 1.99. The van der Waals surface area contributed by atoms with Gasteiger partial charge in [0.2, 0.25) is 0 Å². The Bertz CT molecular complexity index is 773. The monoisotopic (exact) mass is 338 g/mol. The molecule has 0 radical (unpaired) electrons. The quantitative estimate of drug-likeness (QED) is 0.910. The van der Waals surface area contributed by atoms with E-state index in [1.165, 1.54) is 5.56 Å². The van der Waals surface area contributed by atoms with E-state index in [2.05, 4.69) is 48.0 Å². The van der Waals surface area contributed by atoms with Crippen LogP contribution in [-0.4, -0.2) is 41.9 Å². The molecule has 5 nitrogen and oxygen atoms in total. The lowest BCUT2D eigenvalue weighted by Crippen LogP contribution is -2.37. The van der Waals surface area contributed by atoms with Gasteiger partial charge in [-0.3, -0.25) is 4.68 Å². The first-order chi connectivity index (χ1) is 12.1. The Labute approximate surface area is 149 Å². The summed E-state index contributed by atoms with van der Waals surface area (Å²) in [4.78, 5) is 2.25. The number of benzene rings is 1. The molecule has 1 N–H and O–H groups in total. The second-order valence-corrected chi connectivity index (χ2v) is 6.35. The van der Waals surface area contributed by atoms with Crippen LogP contribution >= 0.6 is 0 Å². The van der Waals surface area contributed by atoms with E-state index in [0.717, 1.165) is 47.9 Å². The number of methoxy groups -OCH3 is 1. The summed E-state index contributed by atoms with van der Waals surface area (Å²) in [5, 5.41) is 8.12. The minimum Gasteiger partial charge on any atom is -0.497 e. The molecule has 25 heavy (non-hydrogen) atoms. The van der Waals surface area contributed by atoms with Gasteiger partial charge in [-0.25, -0.2) is 0 Å². The van der Waals surface area contributed by atoms with Crippen LogP contribution in [0.25, 0.3) is 5.57 Å². The molecule has 132 valence electrons. The number of ether oxygens (including phenoxy) is 1. The van der Waals surface area contributed by atoms with Gasteiger partial charge in [-0.2, -0.15) is 5.10 Å². The lowest BCUT2D eigenvalue weighted by molar-refractivity contribution is 0.336. The van der Waals surface area contributed by atoms with Crippen molar-refractivity contribution in [3.8, 4) is 5.75 Å². The topological polar surface area (TPSA) is 42.3 Å². The molecular weight excluding hydrogens is 312 g/mol. The molecule has 0 atom stereocenters. The molecule has 0 aliphatic carbocycles. The molecule has 0 bridgehead atoms. The Morgan fingerprint density at radius 2 is 2.12 bits per heavy atom. The average molecular weight is 338 g/mol. The van der Waals surface area contributed by atoms with E-state index < -0.39 is 0 Å². The first-order valence-corrected chi connectivity index (χ1v) is 8.61. The molecule has 1 aromatic heterocycles. The smallest absolute Gasteiger partial charge is 0.118 e. The number of hydrogen-bond donors (Lipinski definition) is 1. The van der Waals surface area contributed by atoms with E-state index in [0.29, 0.717) is 6.54 Å². The van der Waals surface area contributed by atoms with Crippen LogP contribution in [0.3, 0.4) is 0 Å². The van der Waals surface area contributed by atoms with Gasteiger partial charge in [-0.1, -0.05) is 24.8 Å². The zero-order valence-corrected chi connectivity index (χ0v) is 15.2. The molecule has 1 aliphatic heterocycles. The Kier molecular flexibility index (Phi) is 5.12. The highest BCUT2D eigenvalue weighted by Crippen LogP contribution is 2.26. The lowest BCUT2D eigenvalue weighted by atomic mass is 10.1. The summed E-state index contributed by atoms with van der Waals surface area (Å²) in [6.45, 7) is 8.90. The van der Waals surface area contributed by atoms with Crippen LogP contribution in [0.4, 0.5) is 0 Å². The molecule has 2 aromatic rings. The second kappa shape index (κ2) is 7.47. The highest BCUT2D eigenvalue weighted by atomic mass is 16.5. The van der Waals surface area contributed by atoms with Crippen LogP contribution in [0.1, 0.15) is 23.2 Å². The molecule has 0 spiro atoms. The summed E-state index contributed by atoms with van der Waals surface area (Å²) in [5.41, 5.74) is 4.55. The average Bonchev–Trinajstić information content (AvgIpc) is 2.99. The number of hydrogen-bond acceptors (Lipinski definition) is 4. The third-order valence-electron chi connectivity index (χ3n) is 4.57. The number of aromatic nitrogens is 2. The van der Waals surface area contributed by atoms with Gasteiger partial charge in [-0.15, -0.1) is 0 Å². The van der Waals surface area contributed by atoms with E-state index in [1.807, 2.05) is 29.1 Å². The van der Waals surface area contributed by atoms with Crippen molar-refractivity contribution in [2.45, 2.75) is 19.9 Å². The molecule has 0 amide bonds. The minimum atomic E-state index is 0.710. The number of rotatable bonds is 5. The summed E-state index contributed by atoms with van der Waals surface area (Å²) < 4.78 is 7.28. The van der Waals surface area contributed by atoms with Gasteiger partial charge < -0.3 is 15.0 Å². The van der Waals surface area contributed by atoms with Crippen LogP contribution in [0.2, 0.25) is 0 Å². The fraction of sp³-hybridized carbons (Fsp3) is 0.350. The summed E-state index contributed by atoms with van der Waals surface area (Å²) in [7, 11) is 3.80. The normalized spacial score (nSPS) is 16.4. The van der Waals surface area contributed by atoms with Gasteiger partial charge in [0, 0.05) is 25.7 Å². The van der Waals surface area contributed by atoms with Crippen molar-refractivity contribution in [2.75, 3.05) is 27.2 Å². The van der Waals surface area contributed by atoms with E-state index in [1.54, 1.807) is 7.11 Å². The van der Waals surface area contributed by atoms with Crippen molar-refractivity contribution >= 4 is 5.57 Å². The first-order valence-electron chi connectivity index (χ1n) is 8.61. The molecule has 2 heterocycles. The number of aryl methyl sites for hydroxylation is 1. The number of nitrogens with one attached hydrogen (secondary N) is 1. The van der Waals surface area contributed by atoms with E-state index in [9.17, 15) is 0 Å². The Balaban J connectivity index is 1.97. The SMILES string of the molecule is C=C/C(=C1/NCCCN1C)c1c(C)cnn1Cc1ccc(OC)cc1. The van der Waals surface area contributed by atoms with E-state index in [-0.39, 0.29) is 0 Å². The highest BCUT2D eigenvalue weighted by Gasteiger charge is 2.19. The van der Waals surface area contributed by atoms with Crippen LogP contribution < -0.4 is 10.1 Å². The number of allylic oxidation sites excluding steroid dienone is 2. The molecule has 0 saturated carbocycles. The fourth-order valence-electron chi connectivity index (χ4n) is 3.23. The van der Waals surface area contributed by atoms with E-state index in [4.69, 9.17) is 4.74 Å². The van der Waals surface area contributed by atoms with Crippen LogP contribution in [0, 0.1) is 6.92 Å². The second-order valence-electron chi connectivity index (χ2n) is 6.35. The van der Waals surface area contributed by atoms with Gasteiger partial charge in [-0.05, 0) is 36.6 Å². The Morgan fingerprint density at radius 1 is 1.36 bits per heavy atom. The molecule has 1 fully saturated rings. The third kappa shape index (κ3) is 3.55. The zero-order chi connectivity index (χ0) is 17.8. The molecule has 1 saturated heterocycles. The molecule has 1 aliphatic rings. The Hall–Kier alpha value is -2.69. The first kappa shape index (κ1) is 17.1. The lowest BCUT2D eigenvalue weighted by Gasteiger charge is -2.31. The van der Waals surface area contributed by atoms with Gasteiger partial charge in [0.05, 0.1) is 25.5 Å². The fourth-order valence-corrected chi connectivity index (χ4v) is 3.23. The predicted molar refractivity (Wildman–Crippen MR) is 101 cm³/mol. The maximum absolute atomic E-state index is 5.24. The maximum Gasteiger partial charge on any atom is 0.118 e. The van der Waals surface area contributed by atoms with Gasteiger partial charge in [0.25, 0.3) is 0 Å². The van der Waals surface area contributed by atoms with E-state index >= 15 is 0 Å². The van der Waals surface area contributed by atoms with Gasteiger partial charge >= 0.3 is 0 Å². The van der Waals surface area contributed by atoms with Crippen molar-refractivity contribution in [1.29, 1.82) is 0 Å². The van der Waals surface area contributed by atoms with Gasteiger partial charge in [0.1, 0.15) is 11.6 Å². The maximum atomic E-state index is 5.24.